The Labute approximate surface area is 104 Å². The van der Waals surface area contributed by atoms with Gasteiger partial charge in [0.05, 0.1) is 11.9 Å². The fourth-order valence-electron chi connectivity index (χ4n) is 1.51. The molecule has 0 fully saturated rings. The molecular formula is C12H14FN3S. The first-order valence-electron chi connectivity index (χ1n) is 5.51. The van der Waals surface area contributed by atoms with Crippen LogP contribution in [0.1, 0.15) is 24.8 Å². The second kappa shape index (κ2) is 5.33. The largest absolute Gasteiger partial charge is 0.310 e. The lowest BCUT2D eigenvalue weighted by atomic mass is 10.3. The maximum absolute atomic E-state index is 12.7. The molecule has 2 aromatic heterocycles. The first kappa shape index (κ1) is 12.1. The van der Waals surface area contributed by atoms with Gasteiger partial charge in [0.1, 0.15) is 10.8 Å². The van der Waals surface area contributed by atoms with E-state index in [2.05, 4.69) is 29.1 Å². The molecule has 0 saturated heterocycles. The standard InChI is InChI=1S/C12H14FN3S/c1-3-14-8(2)11-7-16-12(17-11)10-5-4-9(13)6-15-10/h4-8,14H,3H2,1-2H3. The fraction of sp³-hybridized carbons (Fsp3) is 0.333. The zero-order valence-electron chi connectivity index (χ0n) is 9.77. The average molecular weight is 251 g/mol. The number of hydrogen-bond donors (Lipinski definition) is 1. The smallest absolute Gasteiger partial charge is 0.142 e. The van der Waals surface area contributed by atoms with Crippen molar-refractivity contribution in [2.45, 2.75) is 19.9 Å². The zero-order chi connectivity index (χ0) is 12.3. The summed E-state index contributed by atoms with van der Waals surface area (Å²) in [7, 11) is 0. The van der Waals surface area contributed by atoms with Gasteiger partial charge in [0.25, 0.3) is 0 Å². The van der Waals surface area contributed by atoms with Crippen molar-refractivity contribution >= 4 is 11.3 Å². The molecule has 0 aliphatic heterocycles. The Morgan fingerprint density at radius 1 is 1.35 bits per heavy atom. The van der Waals surface area contributed by atoms with Crippen molar-refractivity contribution in [1.82, 2.24) is 15.3 Å². The number of aromatic nitrogens is 2. The summed E-state index contributed by atoms with van der Waals surface area (Å²) in [6, 6.07) is 3.33. The third-order valence-corrected chi connectivity index (χ3v) is 3.61. The molecule has 2 aromatic rings. The number of nitrogens with zero attached hydrogens (tertiary/aromatic N) is 2. The molecule has 0 spiro atoms. The van der Waals surface area contributed by atoms with Gasteiger partial charge >= 0.3 is 0 Å². The summed E-state index contributed by atoms with van der Waals surface area (Å²) < 4.78 is 12.7. The topological polar surface area (TPSA) is 37.8 Å². The van der Waals surface area contributed by atoms with Gasteiger partial charge in [-0.15, -0.1) is 11.3 Å². The Bertz CT molecular complexity index is 481. The Kier molecular flexibility index (Phi) is 3.81. The van der Waals surface area contributed by atoms with E-state index in [1.807, 2.05) is 6.20 Å². The second-order valence-electron chi connectivity index (χ2n) is 3.71. The lowest BCUT2D eigenvalue weighted by Gasteiger charge is -2.07. The molecule has 3 nitrogen and oxygen atoms in total. The molecule has 0 amide bonds. The highest BCUT2D eigenvalue weighted by Crippen LogP contribution is 2.27. The van der Waals surface area contributed by atoms with Gasteiger partial charge in [0, 0.05) is 17.1 Å². The summed E-state index contributed by atoms with van der Waals surface area (Å²) >= 11 is 1.58. The number of pyridine rings is 1. The number of rotatable bonds is 4. The predicted molar refractivity (Wildman–Crippen MR) is 67.4 cm³/mol. The van der Waals surface area contributed by atoms with Crippen molar-refractivity contribution in [3.63, 3.8) is 0 Å². The molecule has 0 saturated carbocycles. The van der Waals surface area contributed by atoms with E-state index in [9.17, 15) is 4.39 Å². The van der Waals surface area contributed by atoms with Gasteiger partial charge in [-0.3, -0.25) is 4.98 Å². The summed E-state index contributed by atoms with van der Waals surface area (Å²) in [5, 5.41) is 4.15. The van der Waals surface area contributed by atoms with Crippen molar-refractivity contribution in [2.24, 2.45) is 0 Å². The Hall–Kier alpha value is -1.33. The molecule has 0 aromatic carbocycles. The molecule has 0 aliphatic carbocycles. The minimum atomic E-state index is -0.327. The molecular weight excluding hydrogens is 237 g/mol. The third kappa shape index (κ3) is 2.87. The van der Waals surface area contributed by atoms with Crippen molar-refractivity contribution in [2.75, 3.05) is 6.54 Å². The van der Waals surface area contributed by atoms with Gasteiger partial charge in [0.2, 0.25) is 0 Å². The Morgan fingerprint density at radius 2 is 2.18 bits per heavy atom. The van der Waals surface area contributed by atoms with E-state index in [4.69, 9.17) is 0 Å². The fourth-order valence-corrected chi connectivity index (χ4v) is 2.43. The van der Waals surface area contributed by atoms with Gasteiger partial charge < -0.3 is 5.32 Å². The van der Waals surface area contributed by atoms with E-state index in [0.717, 1.165) is 16.4 Å². The van der Waals surface area contributed by atoms with Crippen molar-refractivity contribution in [3.05, 3.63) is 35.2 Å². The van der Waals surface area contributed by atoms with Gasteiger partial charge in [-0.2, -0.15) is 0 Å². The summed E-state index contributed by atoms with van der Waals surface area (Å²) in [6.45, 7) is 5.09. The molecule has 0 bridgehead atoms. The molecule has 1 N–H and O–H groups in total. The summed E-state index contributed by atoms with van der Waals surface area (Å²) in [4.78, 5) is 9.49. The lowest BCUT2D eigenvalue weighted by Crippen LogP contribution is -2.16. The third-order valence-electron chi connectivity index (χ3n) is 2.41. The number of hydrogen-bond acceptors (Lipinski definition) is 4. The molecule has 5 heteroatoms. The second-order valence-corrected chi connectivity index (χ2v) is 4.77. The van der Waals surface area contributed by atoms with Crippen LogP contribution in [0.5, 0.6) is 0 Å². The van der Waals surface area contributed by atoms with E-state index in [1.54, 1.807) is 17.4 Å². The van der Waals surface area contributed by atoms with Gasteiger partial charge in [-0.25, -0.2) is 9.37 Å². The van der Waals surface area contributed by atoms with Crippen molar-refractivity contribution < 1.29 is 4.39 Å². The van der Waals surface area contributed by atoms with Crippen LogP contribution in [0.2, 0.25) is 0 Å². The van der Waals surface area contributed by atoms with Crippen LogP contribution in [0.25, 0.3) is 10.7 Å². The van der Waals surface area contributed by atoms with Crippen molar-refractivity contribution in [3.8, 4) is 10.7 Å². The number of thiazole rings is 1. The van der Waals surface area contributed by atoms with E-state index in [1.165, 1.54) is 12.3 Å². The molecule has 0 aliphatic rings. The Balaban J connectivity index is 2.20. The normalized spacial score (nSPS) is 12.6. The monoisotopic (exact) mass is 251 g/mol. The molecule has 17 heavy (non-hydrogen) atoms. The van der Waals surface area contributed by atoms with Gasteiger partial charge in [0.15, 0.2) is 0 Å². The van der Waals surface area contributed by atoms with E-state index < -0.39 is 0 Å². The van der Waals surface area contributed by atoms with E-state index >= 15 is 0 Å². The molecule has 2 rings (SSSR count). The highest BCUT2D eigenvalue weighted by atomic mass is 32.1. The SMILES string of the molecule is CCNC(C)c1cnc(-c2ccc(F)cn2)s1. The summed E-state index contributed by atoms with van der Waals surface area (Å²) in [5.74, 6) is -0.327. The lowest BCUT2D eigenvalue weighted by molar-refractivity contribution is 0.606. The van der Waals surface area contributed by atoms with Crippen LogP contribution in [0.3, 0.4) is 0 Å². The van der Waals surface area contributed by atoms with Gasteiger partial charge in [-0.1, -0.05) is 6.92 Å². The van der Waals surface area contributed by atoms with Crippen LogP contribution >= 0.6 is 11.3 Å². The zero-order valence-corrected chi connectivity index (χ0v) is 10.6. The van der Waals surface area contributed by atoms with Crippen LogP contribution < -0.4 is 5.32 Å². The molecule has 1 unspecified atom stereocenters. The van der Waals surface area contributed by atoms with Crippen LogP contribution in [0.4, 0.5) is 4.39 Å². The molecule has 0 radical (unpaired) electrons. The summed E-state index contributed by atoms with van der Waals surface area (Å²) in [5.41, 5.74) is 0.714. The van der Waals surface area contributed by atoms with Crippen molar-refractivity contribution in [1.29, 1.82) is 0 Å². The van der Waals surface area contributed by atoms with E-state index in [-0.39, 0.29) is 11.9 Å². The van der Waals surface area contributed by atoms with E-state index in [0.29, 0.717) is 5.69 Å². The summed E-state index contributed by atoms with van der Waals surface area (Å²) in [6.07, 6.45) is 3.06. The maximum Gasteiger partial charge on any atom is 0.142 e. The van der Waals surface area contributed by atoms with Crippen LogP contribution in [-0.2, 0) is 0 Å². The highest BCUT2D eigenvalue weighted by molar-refractivity contribution is 7.15. The van der Waals surface area contributed by atoms with Crippen LogP contribution in [0, 0.1) is 5.82 Å². The molecule has 2 heterocycles. The quantitative estimate of drug-likeness (QED) is 0.907. The molecule has 90 valence electrons. The predicted octanol–water partition coefficient (Wildman–Crippen LogP) is 3.01. The van der Waals surface area contributed by atoms with Crippen LogP contribution in [-0.4, -0.2) is 16.5 Å². The first-order valence-corrected chi connectivity index (χ1v) is 6.33. The number of halogens is 1. The maximum atomic E-state index is 12.7. The minimum absolute atomic E-state index is 0.284. The Morgan fingerprint density at radius 3 is 2.82 bits per heavy atom. The van der Waals surface area contributed by atoms with Crippen LogP contribution in [0.15, 0.2) is 24.5 Å². The minimum Gasteiger partial charge on any atom is -0.310 e. The average Bonchev–Trinajstić information content (AvgIpc) is 2.80. The number of nitrogens with one attached hydrogen (secondary N) is 1. The molecule has 1 atom stereocenters. The first-order chi connectivity index (χ1) is 8.20. The highest BCUT2D eigenvalue weighted by Gasteiger charge is 2.10. The van der Waals surface area contributed by atoms with Gasteiger partial charge in [-0.05, 0) is 25.6 Å².